The van der Waals surface area contributed by atoms with E-state index >= 15 is 0 Å². The molecule has 0 amide bonds. The number of hydrogen-bond donors (Lipinski definition) is 0. The van der Waals surface area contributed by atoms with Crippen LogP contribution >= 0.6 is 0 Å². The summed E-state index contributed by atoms with van der Waals surface area (Å²) in [6, 6.07) is 9.82. The van der Waals surface area contributed by atoms with Crippen molar-refractivity contribution in [2.75, 3.05) is 6.61 Å². The predicted molar refractivity (Wildman–Crippen MR) is 91.7 cm³/mol. The molecule has 0 aromatic carbocycles. The molecular formula is C19H18N2O5. The number of pyridine rings is 1. The van der Waals surface area contributed by atoms with Crippen LogP contribution in [0.15, 0.2) is 53.3 Å². The molecule has 0 saturated carbocycles. The van der Waals surface area contributed by atoms with Crippen LogP contribution in [0.3, 0.4) is 0 Å². The number of ether oxygens (including phenoxy) is 1. The number of furan rings is 1. The Kier molecular flexibility index (Phi) is 4.88. The van der Waals surface area contributed by atoms with Crippen molar-refractivity contribution < 1.29 is 23.5 Å². The van der Waals surface area contributed by atoms with Gasteiger partial charge in [-0.15, -0.1) is 0 Å². The van der Waals surface area contributed by atoms with Crippen molar-refractivity contribution in [2.45, 2.75) is 20.4 Å². The van der Waals surface area contributed by atoms with Crippen molar-refractivity contribution in [3.63, 3.8) is 0 Å². The van der Waals surface area contributed by atoms with Gasteiger partial charge in [0.05, 0.1) is 12.8 Å². The Hall–Kier alpha value is -3.35. The molecule has 0 fully saturated rings. The standard InChI is InChI=1S/C19H18N2O5/c1-13-10-16(14(2)20(13)11-15-6-5-9-25-15)18(22)12-26-19(23)17-7-3-4-8-21(17)24/h3-10H,11-12H2,1-2H3. The molecule has 0 unspecified atom stereocenters. The summed E-state index contributed by atoms with van der Waals surface area (Å²) in [5.41, 5.74) is 1.97. The minimum Gasteiger partial charge on any atom is -0.618 e. The summed E-state index contributed by atoms with van der Waals surface area (Å²) >= 11 is 0. The van der Waals surface area contributed by atoms with Crippen LogP contribution in [0.2, 0.25) is 0 Å². The molecule has 7 heteroatoms. The number of aryl methyl sites for hydroxylation is 1. The van der Waals surface area contributed by atoms with E-state index in [1.54, 1.807) is 24.5 Å². The highest BCUT2D eigenvalue weighted by atomic mass is 16.5. The number of carbonyl (C=O) groups is 2. The van der Waals surface area contributed by atoms with Gasteiger partial charge in [0.25, 0.3) is 0 Å². The lowest BCUT2D eigenvalue weighted by Crippen LogP contribution is -2.35. The number of esters is 1. The number of aromatic nitrogens is 2. The molecule has 3 aromatic rings. The van der Waals surface area contributed by atoms with Crippen LogP contribution in [0.25, 0.3) is 0 Å². The van der Waals surface area contributed by atoms with Crippen molar-refractivity contribution >= 4 is 11.8 Å². The molecule has 3 rings (SSSR count). The predicted octanol–water partition coefficient (Wildman–Crippen LogP) is 2.42. The number of Topliss-reactive ketones (excluding diaryl/α,β-unsaturated/α-hetero) is 1. The van der Waals surface area contributed by atoms with E-state index in [1.165, 1.54) is 18.3 Å². The molecule has 0 aliphatic heterocycles. The van der Waals surface area contributed by atoms with Crippen molar-refractivity contribution in [2.24, 2.45) is 0 Å². The first-order chi connectivity index (χ1) is 12.5. The van der Waals surface area contributed by atoms with Gasteiger partial charge in [0, 0.05) is 29.1 Å². The maximum Gasteiger partial charge on any atom is 0.405 e. The normalized spacial score (nSPS) is 10.7. The number of rotatable bonds is 6. The molecule has 134 valence electrons. The van der Waals surface area contributed by atoms with E-state index in [4.69, 9.17) is 9.15 Å². The maximum absolute atomic E-state index is 12.5. The van der Waals surface area contributed by atoms with Crippen molar-refractivity contribution in [1.29, 1.82) is 0 Å². The van der Waals surface area contributed by atoms with Gasteiger partial charge in [0.2, 0.25) is 5.78 Å². The van der Waals surface area contributed by atoms with Crippen LogP contribution in [0.4, 0.5) is 0 Å². The van der Waals surface area contributed by atoms with E-state index in [0.717, 1.165) is 17.1 Å². The monoisotopic (exact) mass is 354 g/mol. The molecule has 0 aliphatic carbocycles. The third kappa shape index (κ3) is 3.51. The zero-order valence-electron chi connectivity index (χ0n) is 14.5. The Morgan fingerprint density at radius 1 is 1.23 bits per heavy atom. The Morgan fingerprint density at radius 2 is 2.04 bits per heavy atom. The van der Waals surface area contributed by atoms with E-state index in [0.29, 0.717) is 16.8 Å². The summed E-state index contributed by atoms with van der Waals surface area (Å²) in [5.74, 6) is -0.384. The lowest BCUT2D eigenvalue weighted by Gasteiger charge is -2.08. The topological polar surface area (TPSA) is 88.4 Å². The SMILES string of the molecule is Cc1cc(C(=O)COC(=O)c2cccc[n+]2[O-])c(C)n1Cc1ccco1. The van der Waals surface area contributed by atoms with Crippen molar-refractivity contribution in [3.05, 3.63) is 82.5 Å². The molecule has 3 heterocycles. The Morgan fingerprint density at radius 3 is 2.73 bits per heavy atom. The second kappa shape index (κ2) is 7.26. The van der Waals surface area contributed by atoms with E-state index in [-0.39, 0.29) is 11.5 Å². The molecule has 7 nitrogen and oxygen atoms in total. The average molecular weight is 354 g/mol. The average Bonchev–Trinajstić information content (AvgIpc) is 3.23. The first-order valence-corrected chi connectivity index (χ1v) is 8.05. The van der Waals surface area contributed by atoms with Crippen molar-refractivity contribution in [1.82, 2.24) is 4.57 Å². The minimum atomic E-state index is -0.835. The summed E-state index contributed by atoms with van der Waals surface area (Å²) in [7, 11) is 0. The van der Waals surface area contributed by atoms with Gasteiger partial charge in [-0.05, 0) is 38.1 Å². The van der Waals surface area contributed by atoms with Crippen LogP contribution in [0.5, 0.6) is 0 Å². The lowest BCUT2D eigenvalue weighted by molar-refractivity contribution is -0.608. The fourth-order valence-electron chi connectivity index (χ4n) is 2.75. The largest absolute Gasteiger partial charge is 0.618 e. The van der Waals surface area contributed by atoms with E-state index in [1.807, 2.05) is 24.5 Å². The van der Waals surface area contributed by atoms with Crippen LogP contribution in [-0.2, 0) is 11.3 Å². The van der Waals surface area contributed by atoms with E-state index < -0.39 is 12.6 Å². The summed E-state index contributed by atoms with van der Waals surface area (Å²) in [6.45, 7) is 3.80. The van der Waals surface area contributed by atoms with Crippen LogP contribution in [0.1, 0.15) is 38.0 Å². The second-order valence-electron chi connectivity index (χ2n) is 5.86. The molecule has 0 radical (unpaired) electrons. The molecule has 26 heavy (non-hydrogen) atoms. The molecule has 0 bridgehead atoms. The third-order valence-corrected chi connectivity index (χ3v) is 4.14. The zero-order chi connectivity index (χ0) is 18.7. The summed E-state index contributed by atoms with van der Waals surface area (Å²) in [4.78, 5) is 24.4. The van der Waals surface area contributed by atoms with Gasteiger partial charge in [-0.3, -0.25) is 4.79 Å². The molecule has 0 aliphatic rings. The quantitative estimate of drug-likeness (QED) is 0.294. The first-order valence-electron chi connectivity index (χ1n) is 8.05. The number of carbonyl (C=O) groups excluding carboxylic acids is 2. The summed E-state index contributed by atoms with van der Waals surface area (Å²) in [5, 5.41) is 11.5. The highest BCUT2D eigenvalue weighted by Crippen LogP contribution is 2.18. The molecule has 0 N–H and O–H groups in total. The number of ketones is 1. The molecule has 0 atom stereocenters. The summed E-state index contributed by atoms with van der Waals surface area (Å²) in [6.07, 6.45) is 2.79. The van der Waals surface area contributed by atoms with Crippen LogP contribution in [0, 0.1) is 19.1 Å². The van der Waals surface area contributed by atoms with Gasteiger partial charge in [-0.25, -0.2) is 4.79 Å². The third-order valence-electron chi connectivity index (χ3n) is 4.14. The smallest absolute Gasteiger partial charge is 0.405 e. The second-order valence-corrected chi connectivity index (χ2v) is 5.86. The van der Waals surface area contributed by atoms with Gasteiger partial charge in [-0.2, -0.15) is 4.73 Å². The zero-order valence-corrected chi connectivity index (χ0v) is 14.5. The van der Waals surface area contributed by atoms with Gasteiger partial charge in [0.15, 0.2) is 12.8 Å². The van der Waals surface area contributed by atoms with Gasteiger partial charge < -0.3 is 18.9 Å². The maximum atomic E-state index is 12.5. The van der Waals surface area contributed by atoms with E-state index in [2.05, 4.69) is 0 Å². The minimum absolute atomic E-state index is 0.163. The number of hydrogen-bond acceptors (Lipinski definition) is 5. The number of nitrogens with zero attached hydrogens (tertiary/aromatic N) is 2. The van der Waals surface area contributed by atoms with Crippen LogP contribution in [-0.4, -0.2) is 22.9 Å². The van der Waals surface area contributed by atoms with Crippen molar-refractivity contribution in [3.8, 4) is 0 Å². The molecule has 3 aromatic heterocycles. The highest BCUT2D eigenvalue weighted by molar-refractivity contribution is 6.00. The summed E-state index contributed by atoms with van der Waals surface area (Å²) < 4.78 is 12.7. The Balaban J connectivity index is 1.70. The first kappa shape index (κ1) is 17.5. The van der Waals surface area contributed by atoms with Gasteiger partial charge in [-0.1, -0.05) is 0 Å². The Labute approximate surface area is 150 Å². The fourth-order valence-corrected chi connectivity index (χ4v) is 2.75. The fraction of sp³-hybridized carbons (Fsp3) is 0.211. The highest BCUT2D eigenvalue weighted by Gasteiger charge is 2.21. The van der Waals surface area contributed by atoms with Gasteiger partial charge in [0.1, 0.15) is 5.76 Å². The van der Waals surface area contributed by atoms with E-state index in [9.17, 15) is 14.8 Å². The molecule has 0 saturated heterocycles. The lowest BCUT2D eigenvalue weighted by atomic mass is 10.1. The van der Waals surface area contributed by atoms with Gasteiger partial charge >= 0.3 is 11.7 Å². The van der Waals surface area contributed by atoms with Crippen LogP contribution < -0.4 is 4.73 Å². The Bertz CT molecular complexity index is 941. The molecular weight excluding hydrogens is 336 g/mol. The molecule has 0 spiro atoms.